The number of rotatable bonds is 4. The number of nitrogens with zero attached hydrogens (tertiary/aromatic N) is 8. The van der Waals surface area contributed by atoms with Crippen LogP contribution in [0.3, 0.4) is 0 Å². The van der Waals surface area contributed by atoms with E-state index < -0.39 is 0 Å². The van der Waals surface area contributed by atoms with Crippen molar-refractivity contribution in [1.29, 1.82) is 0 Å². The minimum absolute atomic E-state index is 0. The van der Waals surface area contributed by atoms with Gasteiger partial charge in [0.1, 0.15) is 53.1 Å². The van der Waals surface area contributed by atoms with Crippen molar-refractivity contribution >= 4 is 11.6 Å². The van der Waals surface area contributed by atoms with E-state index in [0.717, 1.165) is 31.0 Å². The zero-order chi connectivity index (χ0) is 19.2. The molecule has 8 nitrogen and oxygen atoms in total. The molecule has 8 fully saturated rings. The van der Waals surface area contributed by atoms with Crippen molar-refractivity contribution in [2.75, 3.05) is 93.1 Å². The molecule has 0 saturated carbocycles. The molecule has 0 aromatic carbocycles. The molecule has 0 spiro atoms. The van der Waals surface area contributed by atoms with Crippen LogP contribution in [-0.2, 0) is 0 Å². The maximum atomic E-state index is 5.61. The highest BCUT2D eigenvalue weighted by atomic mass is 35.5. The Balaban J connectivity index is 0.000000160. The first-order valence-corrected chi connectivity index (χ1v) is 10.9. The molecule has 0 aromatic rings. The van der Waals surface area contributed by atoms with Crippen molar-refractivity contribution in [3.05, 3.63) is 23.8 Å². The molecular weight excluding hydrogens is 447 g/mol. The summed E-state index contributed by atoms with van der Waals surface area (Å²) in [4.78, 5) is 15.2. The van der Waals surface area contributed by atoms with Crippen LogP contribution in [0.25, 0.3) is 0 Å². The minimum Gasteiger partial charge on any atom is -1.00 e. The van der Waals surface area contributed by atoms with Crippen molar-refractivity contribution in [3.8, 4) is 0 Å². The molecule has 0 aromatic heterocycles. The van der Waals surface area contributed by atoms with Gasteiger partial charge in [0.05, 0.1) is 40.0 Å². The third kappa shape index (κ3) is 5.00. The molecule has 0 aliphatic carbocycles. The van der Waals surface area contributed by atoms with Crippen LogP contribution in [0, 0.1) is 0 Å². The maximum absolute atomic E-state index is 5.61. The van der Waals surface area contributed by atoms with Gasteiger partial charge >= 0.3 is 0 Å². The number of halogens is 3. The largest absolute Gasteiger partial charge is 1.00 e. The zero-order valence-electron chi connectivity index (χ0n) is 17.9. The Morgan fingerprint density at radius 1 is 0.600 bits per heavy atom. The number of hydrogen-bond acceptors (Lipinski definition) is 6. The standard InChI is InChI=1S/C10H19N4.C9H16ClN4.2ClH/c1-2-3-4-14-8-11-5-12(9-14)7-13(6-11)10-14;10-2-1-3-14-7-11-4-12(8-14)6-13(5-11)9-14;;/h2-3H,4-10H2,1H3;1-2H,3-9H2;2*1H/q2*+1;;/p-2/b3-2+;2-1-;;. The van der Waals surface area contributed by atoms with Crippen LogP contribution in [-0.4, -0.2) is 131 Å². The smallest absolute Gasteiger partial charge is 0.139 e. The molecule has 8 aliphatic rings. The van der Waals surface area contributed by atoms with Crippen LogP contribution in [0.5, 0.6) is 0 Å². The van der Waals surface area contributed by atoms with Crippen LogP contribution < -0.4 is 24.8 Å². The Morgan fingerprint density at radius 2 is 0.900 bits per heavy atom. The van der Waals surface area contributed by atoms with Crippen molar-refractivity contribution in [1.82, 2.24) is 29.4 Å². The van der Waals surface area contributed by atoms with Gasteiger partial charge in [0, 0.05) is 5.54 Å². The van der Waals surface area contributed by atoms with E-state index in [1.807, 2.05) is 0 Å². The Morgan fingerprint density at radius 3 is 1.17 bits per heavy atom. The fourth-order valence-corrected chi connectivity index (χ4v) is 6.33. The fraction of sp³-hybridized carbons (Fsp3) is 0.789. The first-order valence-electron chi connectivity index (χ1n) is 10.5. The molecule has 0 amide bonds. The summed E-state index contributed by atoms with van der Waals surface area (Å²) in [5.41, 5.74) is 1.65. The monoisotopic (exact) mass is 480 g/mol. The van der Waals surface area contributed by atoms with Gasteiger partial charge in [-0.3, -0.25) is 8.97 Å². The Bertz CT molecular complexity index is 519. The molecule has 8 saturated heterocycles. The summed E-state index contributed by atoms with van der Waals surface area (Å²) >= 11 is 5.61. The second-order valence-electron chi connectivity index (χ2n) is 9.70. The van der Waals surface area contributed by atoms with Gasteiger partial charge in [-0.1, -0.05) is 17.7 Å². The lowest BCUT2D eigenvalue weighted by molar-refractivity contribution is -0.975. The molecule has 30 heavy (non-hydrogen) atoms. The summed E-state index contributed by atoms with van der Waals surface area (Å²) in [6.07, 6.45) is 6.57. The molecule has 8 aliphatic heterocycles. The highest BCUT2D eigenvalue weighted by molar-refractivity contribution is 6.25. The summed E-state index contributed by atoms with van der Waals surface area (Å²) in [5, 5.41) is 0. The molecular formula is C19H35Cl3N8. The van der Waals surface area contributed by atoms with Crippen molar-refractivity contribution < 1.29 is 33.8 Å². The lowest BCUT2D eigenvalue weighted by Crippen LogP contribution is -3.00. The van der Waals surface area contributed by atoms with Crippen molar-refractivity contribution in [3.63, 3.8) is 0 Å². The van der Waals surface area contributed by atoms with Gasteiger partial charge in [0.2, 0.25) is 0 Å². The van der Waals surface area contributed by atoms with E-state index in [4.69, 9.17) is 11.6 Å². The van der Waals surface area contributed by atoms with Crippen molar-refractivity contribution in [2.24, 2.45) is 0 Å². The first kappa shape index (κ1) is 24.7. The van der Waals surface area contributed by atoms with Gasteiger partial charge in [0.15, 0.2) is 0 Å². The minimum atomic E-state index is 0. The maximum Gasteiger partial charge on any atom is 0.139 e. The highest BCUT2D eigenvalue weighted by Gasteiger charge is 2.48. The molecule has 8 heterocycles. The van der Waals surface area contributed by atoms with E-state index in [1.54, 1.807) is 5.54 Å². The molecule has 11 heteroatoms. The average molecular weight is 482 g/mol. The predicted octanol–water partition coefficient (Wildman–Crippen LogP) is -5.67. The van der Waals surface area contributed by atoms with E-state index in [-0.39, 0.29) is 24.8 Å². The number of allylic oxidation sites excluding steroid dienone is 1. The van der Waals surface area contributed by atoms with Crippen LogP contribution >= 0.6 is 11.6 Å². The summed E-state index contributed by atoms with van der Waals surface area (Å²) < 4.78 is 2.37. The lowest BCUT2D eigenvalue weighted by Gasteiger charge is -2.60. The van der Waals surface area contributed by atoms with Crippen molar-refractivity contribution in [2.45, 2.75) is 6.92 Å². The van der Waals surface area contributed by atoms with Gasteiger partial charge in [-0.05, 0) is 19.1 Å². The molecule has 172 valence electrons. The Kier molecular flexibility index (Phi) is 8.13. The summed E-state index contributed by atoms with van der Waals surface area (Å²) in [6.45, 7) is 18.7. The van der Waals surface area contributed by atoms with Crippen LogP contribution in [0.1, 0.15) is 6.92 Å². The van der Waals surface area contributed by atoms with Gasteiger partial charge in [-0.2, -0.15) is 0 Å². The summed E-state index contributed by atoms with van der Waals surface area (Å²) in [6, 6.07) is 0. The van der Waals surface area contributed by atoms with Crippen LogP contribution in [0.15, 0.2) is 23.8 Å². The van der Waals surface area contributed by atoms with Gasteiger partial charge < -0.3 is 24.8 Å². The second-order valence-corrected chi connectivity index (χ2v) is 9.95. The van der Waals surface area contributed by atoms with E-state index in [0.29, 0.717) is 0 Å². The van der Waals surface area contributed by atoms with E-state index >= 15 is 0 Å². The zero-order valence-corrected chi connectivity index (χ0v) is 20.2. The van der Waals surface area contributed by atoms with Gasteiger partial charge in [-0.25, -0.2) is 29.4 Å². The molecule has 8 bridgehead atoms. The SMILES string of the molecule is C/C=C/C[N+]12CN3CN(CN(C3)C1)C2.Cl/C=C\C[N+]12CN3CN(CN(C3)C1)C2.[Cl-].[Cl-]. The Hall–Kier alpha value is 0.0300. The topological polar surface area (TPSA) is 19.4 Å². The predicted molar refractivity (Wildman–Crippen MR) is 109 cm³/mol. The molecule has 0 unspecified atom stereocenters. The number of hydrogen-bond donors (Lipinski definition) is 0. The highest BCUT2D eigenvalue weighted by Crippen LogP contribution is 2.29. The normalized spacial score (nSPS) is 47.1. The molecule has 0 atom stereocenters. The molecule has 0 N–H and O–H groups in total. The van der Waals surface area contributed by atoms with E-state index in [1.165, 1.54) is 71.0 Å². The van der Waals surface area contributed by atoms with Crippen LogP contribution in [0.2, 0.25) is 0 Å². The van der Waals surface area contributed by atoms with Gasteiger partial charge in [-0.15, -0.1) is 0 Å². The first-order chi connectivity index (χ1) is 13.6. The van der Waals surface area contributed by atoms with Crippen LogP contribution in [0.4, 0.5) is 0 Å². The van der Waals surface area contributed by atoms with E-state index in [2.05, 4.69) is 54.6 Å². The quantitative estimate of drug-likeness (QED) is 0.292. The molecule has 8 rings (SSSR count). The summed E-state index contributed by atoms with van der Waals surface area (Å²) in [7, 11) is 0. The third-order valence-electron chi connectivity index (χ3n) is 6.71. The lowest BCUT2D eigenvalue weighted by atomic mass is 10.3. The summed E-state index contributed by atoms with van der Waals surface area (Å²) in [5.74, 6) is 0. The third-order valence-corrected chi connectivity index (χ3v) is 6.89. The van der Waals surface area contributed by atoms with E-state index in [9.17, 15) is 0 Å². The fourth-order valence-electron chi connectivity index (χ4n) is 6.25. The molecule has 0 radical (unpaired) electrons. The second kappa shape index (κ2) is 9.89. The number of quaternary nitrogens is 2. The Labute approximate surface area is 198 Å². The average Bonchev–Trinajstić information content (AvgIpc) is 2.63. The van der Waals surface area contributed by atoms with Gasteiger partial charge in [0.25, 0.3) is 0 Å².